The minimum atomic E-state index is -0.508. The molecule has 1 aliphatic heterocycles. The fourth-order valence-electron chi connectivity index (χ4n) is 4.80. The number of aryl methyl sites for hydroxylation is 2. The third kappa shape index (κ3) is 5.08. The number of nitrogens with one attached hydrogen (secondary N) is 1. The summed E-state index contributed by atoms with van der Waals surface area (Å²) in [4.78, 5) is 27.4. The number of thioether (sulfide) groups is 1. The number of Topliss-reactive ketones (excluding diaryl/α,β-unsaturated/α-hetero) is 1. The zero-order chi connectivity index (χ0) is 26.8. The van der Waals surface area contributed by atoms with Gasteiger partial charge in [-0.1, -0.05) is 65.1 Å². The normalized spacial score (nSPS) is 17.3. The predicted octanol–water partition coefficient (Wildman–Crippen LogP) is 5.19. The molecule has 0 radical (unpaired) electrons. The van der Waals surface area contributed by atoms with Crippen LogP contribution < -0.4 is 16.0 Å². The van der Waals surface area contributed by atoms with Crippen LogP contribution in [0, 0.1) is 25.2 Å². The number of anilines is 2. The minimum Gasteiger partial charge on any atom is -0.384 e. The largest absolute Gasteiger partial charge is 0.384 e. The molecule has 0 spiro atoms. The highest BCUT2D eigenvalue weighted by Crippen LogP contribution is 2.47. The van der Waals surface area contributed by atoms with Gasteiger partial charge in [0, 0.05) is 23.4 Å². The standard InChI is InChI=1S/C28H26N6O2S2/c1-16-9-11-18(12-10-16)24-20(14-29)26(30)34(21-7-4-8-22(35)25(21)24)27-32-33-28(38-27)37-15-23(36)31-19-6-3-5-17(2)13-19/h3,5-6,9-13,24H,4,7-8,15,30H2,1-2H3,(H,31,36). The van der Waals surface area contributed by atoms with Crippen LogP contribution in [0.5, 0.6) is 0 Å². The van der Waals surface area contributed by atoms with E-state index in [0.717, 1.165) is 28.1 Å². The smallest absolute Gasteiger partial charge is 0.234 e. The Morgan fingerprint density at radius 2 is 1.97 bits per heavy atom. The molecule has 38 heavy (non-hydrogen) atoms. The summed E-state index contributed by atoms with van der Waals surface area (Å²) in [6.07, 6.45) is 1.77. The van der Waals surface area contributed by atoms with Crippen LogP contribution in [0.2, 0.25) is 0 Å². The average Bonchev–Trinajstić information content (AvgIpc) is 3.36. The Morgan fingerprint density at radius 3 is 2.71 bits per heavy atom. The van der Waals surface area contributed by atoms with Gasteiger partial charge in [-0.2, -0.15) is 5.26 Å². The van der Waals surface area contributed by atoms with Gasteiger partial charge in [0.1, 0.15) is 5.82 Å². The number of nitriles is 1. The lowest BCUT2D eigenvalue weighted by atomic mass is 9.75. The van der Waals surface area contributed by atoms with Crippen molar-refractivity contribution in [3.05, 3.63) is 87.9 Å². The third-order valence-corrected chi connectivity index (χ3v) is 8.58. The zero-order valence-electron chi connectivity index (χ0n) is 21.0. The quantitative estimate of drug-likeness (QED) is 0.408. The second-order valence-corrected chi connectivity index (χ2v) is 11.5. The molecule has 1 atom stereocenters. The summed E-state index contributed by atoms with van der Waals surface area (Å²) in [5.41, 5.74) is 12.1. The monoisotopic (exact) mass is 542 g/mol. The number of nitrogens with two attached hydrogens (primary N) is 1. The number of nitrogens with zero attached hydrogens (tertiary/aromatic N) is 4. The molecule has 1 unspecified atom stereocenters. The molecule has 1 aliphatic carbocycles. The Hall–Kier alpha value is -3.94. The molecule has 8 nitrogen and oxygen atoms in total. The number of carbonyl (C=O) groups is 2. The lowest BCUT2D eigenvalue weighted by Crippen LogP contribution is -2.38. The summed E-state index contributed by atoms with van der Waals surface area (Å²) in [6, 6.07) is 17.7. The number of allylic oxidation sites excluding steroid dienone is 3. The Morgan fingerprint density at radius 1 is 1.18 bits per heavy atom. The van der Waals surface area contributed by atoms with Crippen molar-refractivity contribution < 1.29 is 9.59 Å². The van der Waals surface area contributed by atoms with Crippen molar-refractivity contribution in [1.82, 2.24) is 10.2 Å². The molecule has 0 bridgehead atoms. The maximum atomic E-state index is 13.2. The fourth-order valence-corrected chi connectivity index (χ4v) is 6.48. The molecule has 192 valence electrons. The summed E-state index contributed by atoms with van der Waals surface area (Å²) in [5.74, 6) is -0.207. The van der Waals surface area contributed by atoms with Crippen molar-refractivity contribution in [2.45, 2.75) is 43.4 Å². The number of carbonyl (C=O) groups excluding carboxylic acids is 2. The van der Waals surface area contributed by atoms with Crippen LogP contribution in [-0.2, 0) is 9.59 Å². The molecule has 2 aromatic carbocycles. The van der Waals surface area contributed by atoms with E-state index in [-0.39, 0.29) is 23.3 Å². The summed E-state index contributed by atoms with van der Waals surface area (Å²) in [5, 5.41) is 22.1. The van der Waals surface area contributed by atoms with Crippen LogP contribution >= 0.6 is 23.1 Å². The van der Waals surface area contributed by atoms with Crippen molar-refractivity contribution in [3.8, 4) is 6.07 Å². The highest BCUT2D eigenvalue weighted by Gasteiger charge is 2.41. The number of aromatic nitrogens is 2. The van der Waals surface area contributed by atoms with Gasteiger partial charge in [0.25, 0.3) is 0 Å². The van der Waals surface area contributed by atoms with Gasteiger partial charge in [-0.25, -0.2) is 0 Å². The first kappa shape index (κ1) is 25.7. The van der Waals surface area contributed by atoms with Crippen molar-refractivity contribution in [2.75, 3.05) is 16.0 Å². The summed E-state index contributed by atoms with van der Waals surface area (Å²) in [6.45, 7) is 3.96. The molecular weight excluding hydrogens is 516 g/mol. The molecular formula is C28H26N6O2S2. The van der Waals surface area contributed by atoms with Gasteiger partial charge in [-0.05, 0) is 49.9 Å². The second kappa shape index (κ2) is 10.8. The summed E-state index contributed by atoms with van der Waals surface area (Å²) >= 11 is 2.55. The van der Waals surface area contributed by atoms with E-state index in [9.17, 15) is 14.9 Å². The highest BCUT2D eigenvalue weighted by molar-refractivity contribution is 8.01. The number of rotatable bonds is 6. The van der Waals surface area contributed by atoms with Crippen molar-refractivity contribution >= 4 is 45.6 Å². The Kier molecular flexibility index (Phi) is 7.31. The lowest BCUT2D eigenvalue weighted by Gasteiger charge is -2.38. The predicted molar refractivity (Wildman–Crippen MR) is 150 cm³/mol. The SMILES string of the molecule is Cc1ccc(C2C(C#N)=C(N)N(c3nnc(SCC(=O)Nc4cccc(C)c4)s3)C3=C2C(=O)CCC3)cc1. The van der Waals surface area contributed by atoms with E-state index in [2.05, 4.69) is 21.6 Å². The van der Waals surface area contributed by atoms with Gasteiger partial charge in [0.2, 0.25) is 11.0 Å². The second-order valence-electron chi connectivity index (χ2n) is 9.28. The van der Waals surface area contributed by atoms with Crippen LogP contribution in [-0.4, -0.2) is 27.6 Å². The van der Waals surface area contributed by atoms with Gasteiger partial charge in [-0.3, -0.25) is 14.5 Å². The van der Waals surface area contributed by atoms with E-state index in [1.54, 1.807) is 4.90 Å². The van der Waals surface area contributed by atoms with Crippen LogP contribution in [0.3, 0.4) is 0 Å². The molecule has 3 N–H and O–H groups in total. The molecule has 5 rings (SSSR count). The fraction of sp³-hybridized carbons (Fsp3) is 0.250. The first-order valence-electron chi connectivity index (χ1n) is 12.2. The van der Waals surface area contributed by atoms with E-state index >= 15 is 0 Å². The molecule has 0 saturated carbocycles. The van der Waals surface area contributed by atoms with Gasteiger partial charge < -0.3 is 11.1 Å². The Bertz CT molecular complexity index is 1520. The highest BCUT2D eigenvalue weighted by atomic mass is 32.2. The van der Waals surface area contributed by atoms with Crippen LogP contribution in [0.4, 0.5) is 10.8 Å². The van der Waals surface area contributed by atoms with Crippen LogP contribution in [0.1, 0.15) is 41.9 Å². The van der Waals surface area contributed by atoms with E-state index in [0.29, 0.717) is 39.9 Å². The number of hydrogen-bond acceptors (Lipinski definition) is 9. The third-order valence-electron chi connectivity index (χ3n) is 6.54. The van der Waals surface area contributed by atoms with E-state index < -0.39 is 5.92 Å². The van der Waals surface area contributed by atoms with E-state index in [1.807, 2.05) is 62.4 Å². The minimum absolute atomic E-state index is 0.0222. The van der Waals surface area contributed by atoms with Crippen molar-refractivity contribution in [1.29, 1.82) is 5.26 Å². The van der Waals surface area contributed by atoms with Gasteiger partial charge >= 0.3 is 0 Å². The lowest BCUT2D eigenvalue weighted by molar-refractivity contribution is -0.116. The van der Waals surface area contributed by atoms with Crippen molar-refractivity contribution in [2.24, 2.45) is 5.73 Å². The molecule has 1 aromatic heterocycles. The maximum absolute atomic E-state index is 13.2. The zero-order valence-corrected chi connectivity index (χ0v) is 22.7. The molecule has 0 fully saturated rings. The van der Waals surface area contributed by atoms with Crippen LogP contribution in [0.25, 0.3) is 0 Å². The molecule has 10 heteroatoms. The summed E-state index contributed by atoms with van der Waals surface area (Å²) < 4.78 is 0.593. The molecule has 0 saturated heterocycles. The first-order chi connectivity index (χ1) is 18.4. The molecule has 2 aliphatic rings. The first-order valence-corrected chi connectivity index (χ1v) is 14.0. The van der Waals surface area contributed by atoms with E-state index in [1.165, 1.54) is 23.1 Å². The maximum Gasteiger partial charge on any atom is 0.234 e. The van der Waals surface area contributed by atoms with E-state index in [4.69, 9.17) is 5.73 Å². The number of ketones is 1. The Labute approximate surface area is 229 Å². The van der Waals surface area contributed by atoms with Gasteiger partial charge in [-0.15, -0.1) is 10.2 Å². The van der Waals surface area contributed by atoms with Gasteiger partial charge in [0.05, 0.1) is 23.3 Å². The number of amides is 1. The Balaban J connectivity index is 1.42. The summed E-state index contributed by atoms with van der Waals surface area (Å²) in [7, 11) is 0. The molecule has 1 amide bonds. The molecule has 2 heterocycles. The molecule has 3 aromatic rings. The number of benzene rings is 2. The van der Waals surface area contributed by atoms with Gasteiger partial charge in [0.15, 0.2) is 10.1 Å². The van der Waals surface area contributed by atoms with Crippen LogP contribution in [0.15, 0.2) is 75.5 Å². The average molecular weight is 543 g/mol. The van der Waals surface area contributed by atoms with Crippen molar-refractivity contribution in [3.63, 3.8) is 0 Å². The number of hydrogen-bond donors (Lipinski definition) is 2. The topological polar surface area (TPSA) is 125 Å².